The maximum Gasteiger partial charge on any atom is 0.262 e. The SMILES string of the molecule is C=C1CCC(N2C(=O)c3cccc(CCCOCCCOCCCCOc4ccc5c(c4)c4c(C(N)=O)cc(-c6c(C)noc6C)cc4n5Cc4ccccc4)c3C2=O)C(=O)N1. The number of allylic oxidation sites excluding steroid dienone is 1. The highest BCUT2D eigenvalue weighted by Crippen LogP contribution is 2.39. The number of benzene rings is 4. The van der Waals surface area contributed by atoms with Gasteiger partial charge in [-0.25, -0.2) is 0 Å². The molecule has 3 N–H and O–H groups in total. The fourth-order valence-electron chi connectivity index (χ4n) is 8.66. The number of ether oxygens (including phenoxy) is 3. The molecule has 6 aromatic rings. The van der Waals surface area contributed by atoms with E-state index in [1.807, 2.05) is 62.4 Å². The molecular formula is C49H51N5O8. The Labute approximate surface area is 359 Å². The number of nitrogens with zero attached hydrogens (tertiary/aromatic N) is 3. The largest absolute Gasteiger partial charge is 0.494 e. The first-order chi connectivity index (χ1) is 30.1. The van der Waals surface area contributed by atoms with Gasteiger partial charge in [0.25, 0.3) is 11.8 Å². The summed E-state index contributed by atoms with van der Waals surface area (Å²) >= 11 is 0. The summed E-state index contributed by atoms with van der Waals surface area (Å²) in [5.41, 5.74) is 14.0. The van der Waals surface area contributed by atoms with Gasteiger partial charge in [-0.15, -0.1) is 0 Å². The Hall–Kier alpha value is -6.57. The molecule has 1 unspecified atom stereocenters. The van der Waals surface area contributed by atoms with E-state index in [4.69, 9.17) is 24.5 Å². The van der Waals surface area contributed by atoms with Crippen LogP contribution < -0.4 is 15.8 Å². The third-order valence-electron chi connectivity index (χ3n) is 11.6. The first-order valence-corrected chi connectivity index (χ1v) is 21.2. The van der Waals surface area contributed by atoms with E-state index in [0.29, 0.717) is 99.2 Å². The lowest BCUT2D eigenvalue weighted by molar-refractivity contribution is -0.125. The Morgan fingerprint density at radius 2 is 1.61 bits per heavy atom. The van der Waals surface area contributed by atoms with Crippen molar-refractivity contribution in [3.05, 3.63) is 130 Å². The number of imide groups is 1. The predicted octanol–water partition coefficient (Wildman–Crippen LogP) is 7.82. The van der Waals surface area contributed by atoms with Gasteiger partial charge < -0.3 is 34.4 Å². The molecule has 2 aromatic heterocycles. The van der Waals surface area contributed by atoms with Crippen LogP contribution in [0.2, 0.25) is 0 Å². The summed E-state index contributed by atoms with van der Waals surface area (Å²) in [6, 6.07) is 24.6. The molecule has 0 radical (unpaired) electrons. The number of nitrogens with two attached hydrogens (primary N) is 1. The Balaban J connectivity index is 0.794. The van der Waals surface area contributed by atoms with Gasteiger partial charge in [0, 0.05) is 66.1 Å². The fourth-order valence-corrected chi connectivity index (χ4v) is 8.66. The van der Waals surface area contributed by atoms with Crippen LogP contribution in [0.25, 0.3) is 32.9 Å². The number of unbranched alkanes of at least 4 members (excludes halogenated alkanes) is 1. The minimum Gasteiger partial charge on any atom is -0.494 e. The molecule has 0 spiro atoms. The highest BCUT2D eigenvalue weighted by molar-refractivity contribution is 6.23. The van der Waals surface area contributed by atoms with E-state index in [2.05, 4.69) is 39.8 Å². The van der Waals surface area contributed by atoms with Crippen LogP contribution in [0.15, 0.2) is 95.7 Å². The van der Waals surface area contributed by atoms with Gasteiger partial charge in [-0.1, -0.05) is 54.2 Å². The number of primary amides is 1. The lowest BCUT2D eigenvalue weighted by Gasteiger charge is -2.29. The van der Waals surface area contributed by atoms with Gasteiger partial charge in [0.1, 0.15) is 17.6 Å². The number of carbonyl (C=O) groups is 4. The van der Waals surface area contributed by atoms with Crippen molar-refractivity contribution in [1.82, 2.24) is 19.9 Å². The standard InChI is InChI=1S/C49H51N5O8/c1-30-17-19-41(47(56)51-30)54-48(57)37-16-9-14-34(44(37)49(54)58)15-10-22-60-24-11-23-59-21-7-8-25-61-36-18-20-40-38(28-36)45-39(46(50)55)26-35(43-31(2)52-62-32(43)3)27-42(45)53(40)29-33-12-5-4-6-13-33/h4-6,9,12-14,16,18,20,26-28,41H,1,7-8,10-11,15,17,19,21-25,29H2,2-3H3,(H2,50,55)(H,51,56). The second kappa shape index (κ2) is 18.6. The molecule has 4 amide bonds. The summed E-state index contributed by atoms with van der Waals surface area (Å²) in [5.74, 6) is -0.350. The van der Waals surface area contributed by atoms with Gasteiger partial charge in [-0.2, -0.15) is 0 Å². The summed E-state index contributed by atoms with van der Waals surface area (Å²) in [4.78, 5) is 53.3. The Kier molecular flexibility index (Phi) is 12.6. The minimum absolute atomic E-state index is 0.347. The van der Waals surface area contributed by atoms with Crippen LogP contribution in [0.5, 0.6) is 5.75 Å². The summed E-state index contributed by atoms with van der Waals surface area (Å²) in [6.45, 7) is 10.9. The van der Waals surface area contributed by atoms with E-state index in [1.165, 1.54) is 0 Å². The molecular weight excluding hydrogens is 787 g/mol. The number of rotatable bonds is 19. The Morgan fingerprint density at radius 1 is 0.855 bits per heavy atom. The fraction of sp³-hybridized carbons (Fsp3) is 0.327. The molecule has 2 aliphatic heterocycles. The predicted molar refractivity (Wildman–Crippen MR) is 235 cm³/mol. The third-order valence-corrected chi connectivity index (χ3v) is 11.6. The number of aromatic nitrogens is 2. The van der Waals surface area contributed by atoms with Crippen molar-refractivity contribution in [1.29, 1.82) is 0 Å². The number of aryl methyl sites for hydroxylation is 3. The molecule has 8 rings (SSSR count). The zero-order valence-corrected chi connectivity index (χ0v) is 35.2. The van der Waals surface area contributed by atoms with E-state index in [9.17, 15) is 19.2 Å². The molecule has 0 bridgehead atoms. The molecule has 0 saturated carbocycles. The van der Waals surface area contributed by atoms with Crippen LogP contribution in [0.3, 0.4) is 0 Å². The summed E-state index contributed by atoms with van der Waals surface area (Å²) in [7, 11) is 0. The molecule has 0 aliphatic carbocycles. The van der Waals surface area contributed by atoms with Crippen molar-refractivity contribution in [2.45, 2.75) is 71.4 Å². The lowest BCUT2D eigenvalue weighted by Crippen LogP contribution is -2.51. The smallest absolute Gasteiger partial charge is 0.262 e. The average molecular weight is 838 g/mol. The van der Waals surface area contributed by atoms with Crippen LogP contribution in [-0.2, 0) is 27.2 Å². The van der Waals surface area contributed by atoms with E-state index < -0.39 is 23.8 Å². The maximum absolute atomic E-state index is 13.4. The molecule has 320 valence electrons. The quantitative estimate of drug-likeness (QED) is 0.0611. The number of hydrogen-bond donors (Lipinski definition) is 2. The van der Waals surface area contributed by atoms with Gasteiger partial charge >= 0.3 is 0 Å². The van der Waals surface area contributed by atoms with Crippen LogP contribution >= 0.6 is 0 Å². The molecule has 62 heavy (non-hydrogen) atoms. The van der Waals surface area contributed by atoms with Crippen LogP contribution in [0, 0.1) is 13.8 Å². The van der Waals surface area contributed by atoms with E-state index in [-0.39, 0.29) is 5.91 Å². The Bertz CT molecular complexity index is 2660. The van der Waals surface area contributed by atoms with Crippen molar-refractivity contribution >= 4 is 45.4 Å². The third kappa shape index (κ3) is 8.63. The van der Waals surface area contributed by atoms with Gasteiger partial charge in [-0.05, 0) is 112 Å². The molecule has 4 heterocycles. The summed E-state index contributed by atoms with van der Waals surface area (Å²) < 4.78 is 25.6. The zero-order chi connectivity index (χ0) is 43.3. The van der Waals surface area contributed by atoms with Gasteiger partial charge in [0.2, 0.25) is 11.8 Å². The molecule has 4 aromatic carbocycles. The van der Waals surface area contributed by atoms with Crippen molar-refractivity contribution in [2.24, 2.45) is 5.73 Å². The molecule has 1 saturated heterocycles. The van der Waals surface area contributed by atoms with Gasteiger partial charge in [0.05, 0.1) is 28.9 Å². The van der Waals surface area contributed by atoms with E-state index >= 15 is 0 Å². The maximum atomic E-state index is 13.4. The summed E-state index contributed by atoms with van der Waals surface area (Å²) in [5, 5.41) is 8.48. The molecule has 1 atom stereocenters. The lowest BCUT2D eigenvalue weighted by atomic mass is 9.97. The molecule has 2 aliphatic rings. The van der Waals surface area contributed by atoms with Crippen molar-refractivity contribution in [2.75, 3.05) is 33.0 Å². The van der Waals surface area contributed by atoms with Crippen LogP contribution in [0.1, 0.15) is 92.2 Å². The summed E-state index contributed by atoms with van der Waals surface area (Å²) in [6.07, 6.45) is 4.53. The number of nitrogens with one attached hydrogen (secondary N) is 1. The Morgan fingerprint density at radius 3 is 2.35 bits per heavy atom. The second-order valence-electron chi connectivity index (χ2n) is 15.9. The molecule has 13 nitrogen and oxygen atoms in total. The number of hydrogen-bond acceptors (Lipinski definition) is 9. The van der Waals surface area contributed by atoms with Gasteiger partial charge in [-0.3, -0.25) is 24.1 Å². The first kappa shape index (κ1) is 42.1. The van der Waals surface area contributed by atoms with Crippen molar-refractivity contribution in [3.8, 4) is 16.9 Å². The number of carbonyl (C=O) groups excluding carboxylic acids is 4. The topological polar surface area (TPSA) is 168 Å². The highest BCUT2D eigenvalue weighted by Gasteiger charge is 2.44. The number of fused-ring (bicyclic) bond motifs is 4. The van der Waals surface area contributed by atoms with Crippen LogP contribution in [-0.4, -0.2) is 77.3 Å². The average Bonchev–Trinajstić information content (AvgIpc) is 3.86. The van der Waals surface area contributed by atoms with E-state index in [0.717, 1.165) is 73.9 Å². The number of amides is 4. The monoisotopic (exact) mass is 837 g/mol. The zero-order valence-electron chi connectivity index (χ0n) is 35.2. The van der Waals surface area contributed by atoms with Gasteiger partial charge in [0.15, 0.2) is 0 Å². The minimum atomic E-state index is -0.829. The molecule has 1 fully saturated rings. The van der Waals surface area contributed by atoms with E-state index in [1.54, 1.807) is 12.1 Å². The first-order valence-electron chi connectivity index (χ1n) is 21.2. The highest BCUT2D eigenvalue weighted by atomic mass is 16.5. The molecule has 13 heteroatoms. The van der Waals surface area contributed by atoms with Crippen molar-refractivity contribution < 1.29 is 37.9 Å². The van der Waals surface area contributed by atoms with Crippen LogP contribution in [0.4, 0.5) is 0 Å². The normalized spacial score (nSPS) is 15.2. The number of piperidine rings is 1. The second-order valence-corrected chi connectivity index (χ2v) is 15.9. The van der Waals surface area contributed by atoms with Crippen molar-refractivity contribution in [3.63, 3.8) is 0 Å².